The van der Waals surface area contributed by atoms with Crippen molar-refractivity contribution in [3.8, 4) is 0 Å². The Morgan fingerprint density at radius 2 is 1.88 bits per heavy atom. The van der Waals surface area contributed by atoms with Crippen LogP contribution in [0.15, 0.2) is 18.2 Å². The Balaban J connectivity index is 0.00000128. The molecule has 16 heavy (non-hydrogen) atoms. The van der Waals surface area contributed by atoms with Crippen molar-refractivity contribution in [1.82, 2.24) is 5.32 Å². The molecule has 3 nitrogen and oxygen atoms in total. The molecular formula is C10H10ClF2NO2. The average molecular weight is 250 g/mol. The highest BCUT2D eigenvalue weighted by Crippen LogP contribution is 2.21. The standard InChI is InChI=1S/C10H9F2NO2.ClH/c11-7-3-6(4-8(12)5-7)9-1-2-15-10(14)13-9;/h3-5,9H,1-2H2,(H,13,14);1H/t9-;/m1./s1. The molecule has 1 fully saturated rings. The maximum atomic E-state index is 12.9. The summed E-state index contributed by atoms with van der Waals surface area (Å²) in [6.45, 7) is 0.259. The van der Waals surface area contributed by atoms with Gasteiger partial charge in [-0.2, -0.15) is 0 Å². The Labute approximate surface area is 97.2 Å². The first-order valence-corrected chi connectivity index (χ1v) is 4.54. The Morgan fingerprint density at radius 1 is 1.25 bits per heavy atom. The molecule has 0 unspecified atom stereocenters. The van der Waals surface area contributed by atoms with E-state index < -0.39 is 17.7 Å². The summed E-state index contributed by atoms with van der Waals surface area (Å²) in [6.07, 6.45) is -0.0508. The minimum atomic E-state index is -0.647. The number of hydrogen-bond acceptors (Lipinski definition) is 2. The Hall–Kier alpha value is -1.36. The minimum absolute atomic E-state index is 0. The van der Waals surface area contributed by atoms with Crippen molar-refractivity contribution < 1.29 is 18.3 Å². The summed E-state index contributed by atoms with van der Waals surface area (Å²) in [5, 5.41) is 2.49. The maximum Gasteiger partial charge on any atom is 0.407 e. The number of nitrogens with one attached hydrogen (secondary N) is 1. The highest BCUT2D eigenvalue weighted by molar-refractivity contribution is 5.85. The zero-order valence-corrected chi connectivity index (χ0v) is 9.02. The lowest BCUT2D eigenvalue weighted by Gasteiger charge is -2.23. The molecule has 1 heterocycles. The van der Waals surface area contributed by atoms with E-state index >= 15 is 0 Å². The molecule has 1 aromatic carbocycles. The number of carbonyl (C=O) groups is 1. The van der Waals surface area contributed by atoms with Gasteiger partial charge in [0, 0.05) is 12.5 Å². The predicted octanol–water partition coefficient (Wildman–Crippen LogP) is 2.56. The highest BCUT2D eigenvalue weighted by Gasteiger charge is 2.21. The van der Waals surface area contributed by atoms with Gasteiger partial charge in [0.2, 0.25) is 0 Å². The van der Waals surface area contributed by atoms with Gasteiger partial charge in [-0.15, -0.1) is 12.4 Å². The van der Waals surface area contributed by atoms with Gasteiger partial charge in [-0.3, -0.25) is 0 Å². The molecule has 6 heteroatoms. The maximum absolute atomic E-state index is 12.9. The summed E-state index contributed by atoms with van der Waals surface area (Å²) < 4.78 is 30.4. The molecule has 1 N–H and O–H groups in total. The summed E-state index contributed by atoms with van der Waals surface area (Å²) in [7, 11) is 0. The van der Waals surface area contributed by atoms with Crippen LogP contribution in [-0.2, 0) is 4.74 Å². The van der Waals surface area contributed by atoms with Gasteiger partial charge in [0.15, 0.2) is 0 Å². The molecule has 1 atom stereocenters. The van der Waals surface area contributed by atoms with Gasteiger partial charge in [-0.25, -0.2) is 13.6 Å². The zero-order chi connectivity index (χ0) is 10.8. The zero-order valence-electron chi connectivity index (χ0n) is 8.20. The molecule has 1 aliphatic rings. The molecule has 0 aliphatic carbocycles. The molecule has 1 saturated heterocycles. The number of carbonyl (C=O) groups excluding carboxylic acids is 1. The Kier molecular flexibility index (Phi) is 4.06. The molecule has 0 spiro atoms. The second-order valence-corrected chi connectivity index (χ2v) is 3.32. The summed E-state index contributed by atoms with van der Waals surface area (Å²) >= 11 is 0. The molecular weight excluding hydrogens is 240 g/mol. The second-order valence-electron chi connectivity index (χ2n) is 3.32. The quantitative estimate of drug-likeness (QED) is 0.831. The van der Waals surface area contributed by atoms with Gasteiger partial charge >= 0.3 is 6.09 Å². The first-order valence-electron chi connectivity index (χ1n) is 4.54. The lowest BCUT2D eigenvalue weighted by atomic mass is 10.0. The Morgan fingerprint density at radius 3 is 2.44 bits per heavy atom. The highest BCUT2D eigenvalue weighted by atomic mass is 35.5. The largest absolute Gasteiger partial charge is 0.449 e. The number of cyclic esters (lactones) is 1. The third-order valence-electron chi connectivity index (χ3n) is 2.22. The van der Waals surface area contributed by atoms with Crippen LogP contribution in [0.4, 0.5) is 13.6 Å². The SMILES string of the molecule is Cl.O=C1N[C@@H](c2cc(F)cc(F)c2)CCO1. The number of amides is 1. The van der Waals surface area contributed by atoms with E-state index in [1.165, 1.54) is 12.1 Å². The number of ether oxygens (including phenoxy) is 1. The summed E-state index contributed by atoms with van der Waals surface area (Å²) in [5.74, 6) is -1.29. The van der Waals surface area contributed by atoms with E-state index in [9.17, 15) is 13.6 Å². The number of alkyl carbamates (subject to hydrolysis) is 1. The fraction of sp³-hybridized carbons (Fsp3) is 0.300. The van der Waals surface area contributed by atoms with Crippen molar-refractivity contribution >= 4 is 18.5 Å². The van der Waals surface area contributed by atoms with Crippen molar-refractivity contribution in [2.75, 3.05) is 6.61 Å². The third-order valence-corrected chi connectivity index (χ3v) is 2.22. The number of benzene rings is 1. The fourth-order valence-electron chi connectivity index (χ4n) is 1.55. The van der Waals surface area contributed by atoms with Crippen molar-refractivity contribution in [2.45, 2.75) is 12.5 Å². The van der Waals surface area contributed by atoms with Gasteiger partial charge in [0.25, 0.3) is 0 Å². The van der Waals surface area contributed by atoms with Crippen LogP contribution in [0.5, 0.6) is 0 Å². The van der Waals surface area contributed by atoms with Gasteiger partial charge in [-0.05, 0) is 17.7 Å². The normalized spacial score (nSPS) is 19.4. The van der Waals surface area contributed by atoms with Gasteiger partial charge < -0.3 is 10.1 Å². The van der Waals surface area contributed by atoms with Crippen LogP contribution in [0.1, 0.15) is 18.0 Å². The summed E-state index contributed by atoms with van der Waals surface area (Å²) in [6, 6.07) is 2.83. The van der Waals surface area contributed by atoms with Crippen LogP contribution >= 0.6 is 12.4 Å². The minimum Gasteiger partial charge on any atom is -0.449 e. The van der Waals surface area contributed by atoms with Crippen LogP contribution < -0.4 is 5.32 Å². The van der Waals surface area contributed by atoms with Crippen molar-refractivity contribution in [3.63, 3.8) is 0 Å². The van der Waals surface area contributed by atoms with E-state index in [1.54, 1.807) is 0 Å². The van der Waals surface area contributed by atoms with E-state index in [0.717, 1.165) is 6.07 Å². The fourth-order valence-corrected chi connectivity index (χ4v) is 1.55. The van der Waals surface area contributed by atoms with E-state index in [0.29, 0.717) is 12.0 Å². The lowest BCUT2D eigenvalue weighted by Crippen LogP contribution is -2.35. The molecule has 0 saturated carbocycles. The molecule has 0 radical (unpaired) electrons. The van der Waals surface area contributed by atoms with Crippen LogP contribution in [0.25, 0.3) is 0 Å². The van der Waals surface area contributed by atoms with E-state index in [1.807, 2.05) is 0 Å². The number of halogens is 3. The lowest BCUT2D eigenvalue weighted by molar-refractivity contribution is 0.115. The van der Waals surface area contributed by atoms with E-state index in [4.69, 9.17) is 0 Å². The van der Waals surface area contributed by atoms with Gasteiger partial charge in [0.1, 0.15) is 11.6 Å². The number of hydrogen-bond donors (Lipinski definition) is 1. The average Bonchev–Trinajstić information content (AvgIpc) is 2.16. The molecule has 1 aromatic rings. The molecule has 0 bridgehead atoms. The van der Waals surface area contributed by atoms with Gasteiger partial charge in [0.05, 0.1) is 12.6 Å². The second kappa shape index (κ2) is 5.12. The first kappa shape index (κ1) is 12.7. The van der Waals surface area contributed by atoms with Crippen molar-refractivity contribution in [3.05, 3.63) is 35.4 Å². The third kappa shape index (κ3) is 2.82. The van der Waals surface area contributed by atoms with Crippen molar-refractivity contribution in [1.29, 1.82) is 0 Å². The summed E-state index contributed by atoms with van der Waals surface area (Å²) in [4.78, 5) is 10.9. The topological polar surface area (TPSA) is 38.3 Å². The smallest absolute Gasteiger partial charge is 0.407 e. The predicted molar refractivity (Wildman–Crippen MR) is 55.4 cm³/mol. The first-order chi connectivity index (χ1) is 7.15. The van der Waals surface area contributed by atoms with Gasteiger partial charge in [-0.1, -0.05) is 0 Å². The summed E-state index contributed by atoms with van der Waals surface area (Å²) in [5.41, 5.74) is 0.421. The van der Waals surface area contributed by atoms with Crippen LogP contribution in [0.3, 0.4) is 0 Å². The molecule has 1 amide bonds. The molecule has 0 aromatic heterocycles. The van der Waals surface area contributed by atoms with Crippen LogP contribution in [-0.4, -0.2) is 12.7 Å². The number of rotatable bonds is 1. The Bertz CT molecular complexity index is 380. The van der Waals surface area contributed by atoms with Crippen LogP contribution in [0, 0.1) is 11.6 Å². The molecule has 2 rings (SSSR count). The van der Waals surface area contributed by atoms with Crippen molar-refractivity contribution in [2.24, 2.45) is 0 Å². The molecule has 1 aliphatic heterocycles. The molecule has 88 valence electrons. The van der Waals surface area contributed by atoms with E-state index in [-0.39, 0.29) is 25.1 Å². The van der Waals surface area contributed by atoms with Crippen LogP contribution in [0.2, 0.25) is 0 Å². The monoisotopic (exact) mass is 249 g/mol. The van der Waals surface area contributed by atoms with E-state index in [2.05, 4.69) is 10.1 Å².